The lowest BCUT2D eigenvalue weighted by atomic mass is 10.2. The third kappa shape index (κ3) is 4.20. The van der Waals surface area contributed by atoms with Crippen LogP contribution in [0.2, 0.25) is 0 Å². The van der Waals surface area contributed by atoms with Crippen LogP contribution < -0.4 is 0 Å². The van der Waals surface area contributed by atoms with E-state index < -0.39 is 5.97 Å². The zero-order valence-electron chi connectivity index (χ0n) is 10.5. The van der Waals surface area contributed by atoms with Gasteiger partial charge in [-0.3, -0.25) is 4.79 Å². The van der Waals surface area contributed by atoms with Gasteiger partial charge in [0.2, 0.25) is 5.78 Å². The number of carbonyl (C=O) groups is 2. The summed E-state index contributed by atoms with van der Waals surface area (Å²) in [5.41, 5.74) is 1.30. The molecule has 0 atom stereocenters. The van der Waals surface area contributed by atoms with Gasteiger partial charge in [-0.2, -0.15) is 0 Å². The van der Waals surface area contributed by atoms with Gasteiger partial charge in [-0.15, -0.1) is 0 Å². The molecule has 0 radical (unpaired) electrons. The Bertz CT molecular complexity index is 615. The number of rotatable bonds is 5. The van der Waals surface area contributed by atoms with Crippen LogP contribution in [0.25, 0.3) is 6.08 Å². The number of aromatic nitrogens is 1. The first kappa shape index (κ1) is 14.3. The van der Waals surface area contributed by atoms with Gasteiger partial charge in [-0.25, -0.2) is 4.79 Å². The van der Waals surface area contributed by atoms with Crippen LogP contribution in [0.1, 0.15) is 16.1 Å². The molecule has 0 bridgehead atoms. The highest BCUT2D eigenvalue weighted by atomic mass is 79.9. The molecular weight excluding hydrogens is 322 g/mol. The summed E-state index contributed by atoms with van der Waals surface area (Å²) in [7, 11) is 0. The van der Waals surface area contributed by atoms with E-state index in [0.29, 0.717) is 5.69 Å². The van der Waals surface area contributed by atoms with Crippen molar-refractivity contribution in [1.29, 1.82) is 0 Å². The molecule has 2 aromatic rings. The Morgan fingerprint density at radius 2 is 1.95 bits per heavy atom. The predicted octanol–water partition coefficient (Wildman–Crippen LogP) is 3.22. The van der Waals surface area contributed by atoms with Crippen molar-refractivity contribution in [2.45, 2.75) is 0 Å². The topological polar surface area (TPSA) is 59.2 Å². The number of ketones is 1. The molecule has 0 aliphatic carbocycles. The maximum Gasteiger partial charge on any atom is 0.331 e. The second-order valence-electron chi connectivity index (χ2n) is 4.00. The van der Waals surface area contributed by atoms with E-state index in [-0.39, 0.29) is 12.4 Å². The van der Waals surface area contributed by atoms with E-state index in [1.54, 1.807) is 24.4 Å². The monoisotopic (exact) mass is 333 g/mol. The van der Waals surface area contributed by atoms with Gasteiger partial charge < -0.3 is 9.72 Å². The van der Waals surface area contributed by atoms with Crippen molar-refractivity contribution >= 4 is 33.8 Å². The molecule has 0 saturated carbocycles. The molecule has 0 saturated heterocycles. The van der Waals surface area contributed by atoms with Crippen molar-refractivity contribution in [3.8, 4) is 0 Å². The van der Waals surface area contributed by atoms with Crippen LogP contribution in [0.5, 0.6) is 0 Å². The largest absolute Gasteiger partial charge is 0.454 e. The molecule has 1 aromatic heterocycles. The minimum absolute atomic E-state index is 0.264. The fraction of sp³-hybridized carbons (Fsp3) is 0.0667. The van der Waals surface area contributed by atoms with E-state index in [1.165, 1.54) is 6.08 Å². The number of nitrogens with one attached hydrogen (secondary N) is 1. The third-order valence-electron chi connectivity index (χ3n) is 2.53. The highest BCUT2D eigenvalue weighted by Gasteiger charge is 2.08. The lowest BCUT2D eigenvalue weighted by Crippen LogP contribution is -2.12. The number of halogens is 1. The summed E-state index contributed by atoms with van der Waals surface area (Å²) in [6.07, 6.45) is 4.57. The van der Waals surface area contributed by atoms with Crippen LogP contribution >= 0.6 is 15.9 Å². The predicted molar refractivity (Wildman–Crippen MR) is 79.3 cm³/mol. The van der Waals surface area contributed by atoms with Gasteiger partial charge in [-0.1, -0.05) is 28.1 Å². The summed E-state index contributed by atoms with van der Waals surface area (Å²) in [4.78, 5) is 25.8. The number of H-pyrrole nitrogens is 1. The molecule has 20 heavy (non-hydrogen) atoms. The van der Waals surface area contributed by atoms with E-state index in [9.17, 15) is 9.59 Å². The molecule has 1 N–H and O–H groups in total. The Morgan fingerprint density at radius 3 is 2.60 bits per heavy atom. The zero-order chi connectivity index (χ0) is 14.4. The summed E-state index contributed by atoms with van der Waals surface area (Å²) in [5.74, 6) is -0.812. The zero-order valence-corrected chi connectivity index (χ0v) is 12.1. The van der Waals surface area contributed by atoms with Gasteiger partial charge in [0.15, 0.2) is 6.61 Å². The lowest BCUT2D eigenvalue weighted by molar-refractivity contribution is -0.136. The summed E-state index contributed by atoms with van der Waals surface area (Å²) in [6, 6.07) is 10.8. The van der Waals surface area contributed by atoms with Gasteiger partial charge in [0, 0.05) is 16.7 Å². The number of ether oxygens (including phenoxy) is 1. The van der Waals surface area contributed by atoms with E-state index >= 15 is 0 Å². The first-order valence-corrected chi connectivity index (χ1v) is 6.71. The Morgan fingerprint density at radius 1 is 1.20 bits per heavy atom. The number of aromatic amines is 1. The SMILES string of the molecule is O=C(/C=C/c1ccc(Br)cc1)OCC(=O)c1ccc[nH]1. The van der Waals surface area contributed by atoms with Crippen LogP contribution in [-0.4, -0.2) is 23.3 Å². The second kappa shape index (κ2) is 6.86. The second-order valence-corrected chi connectivity index (χ2v) is 4.92. The molecule has 0 amide bonds. The quantitative estimate of drug-likeness (QED) is 0.519. The summed E-state index contributed by atoms with van der Waals surface area (Å²) in [6.45, 7) is -0.274. The molecule has 0 spiro atoms. The van der Waals surface area contributed by atoms with Crippen LogP contribution in [0.4, 0.5) is 0 Å². The summed E-state index contributed by atoms with van der Waals surface area (Å²) >= 11 is 3.33. The smallest absolute Gasteiger partial charge is 0.331 e. The number of Topliss-reactive ketones (excluding diaryl/α,β-unsaturated/α-hetero) is 1. The molecular formula is C15H12BrNO3. The lowest BCUT2D eigenvalue weighted by Gasteiger charge is -1.99. The maximum atomic E-state index is 11.6. The van der Waals surface area contributed by atoms with Crippen molar-refractivity contribution < 1.29 is 14.3 Å². The third-order valence-corrected chi connectivity index (χ3v) is 3.05. The van der Waals surface area contributed by atoms with E-state index in [4.69, 9.17) is 4.74 Å². The van der Waals surface area contributed by atoms with Gasteiger partial charge >= 0.3 is 5.97 Å². The Hall–Kier alpha value is -2.14. The van der Waals surface area contributed by atoms with Crippen LogP contribution in [0, 0.1) is 0 Å². The average molecular weight is 334 g/mol. The number of carbonyl (C=O) groups excluding carboxylic acids is 2. The summed E-state index contributed by atoms with van der Waals surface area (Å²) < 4.78 is 5.83. The molecule has 4 nitrogen and oxygen atoms in total. The normalized spacial score (nSPS) is 10.7. The fourth-order valence-electron chi connectivity index (χ4n) is 1.50. The van der Waals surface area contributed by atoms with Crippen molar-refractivity contribution in [2.75, 3.05) is 6.61 Å². The fourth-order valence-corrected chi connectivity index (χ4v) is 1.77. The molecule has 5 heteroatoms. The van der Waals surface area contributed by atoms with Gasteiger partial charge in [-0.05, 0) is 35.9 Å². The van der Waals surface area contributed by atoms with Crippen molar-refractivity contribution in [3.63, 3.8) is 0 Å². The van der Waals surface area contributed by atoms with Crippen LogP contribution in [0.3, 0.4) is 0 Å². The highest BCUT2D eigenvalue weighted by molar-refractivity contribution is 9.10. The van der Waals surface area contributed by atoms with E-state index in [2.05, 4.69) is 20.9 Å². The minimum Gasteiger partial charge on any atom is -0.454 e. The Labute approximate surface area is 124 Å². The van der Waals surface area contributed by atoms with Gasteiger partial charge in [0.1, 0.15) is 0 Å². The molecule has 1 aromatic carbocycles. The molecule has 0 aliphatic rings. The van der Waals surface area contributed by atoms with Crippen molar-refractivity contribution in [2.24, 2.45) is 0 Å². The number of hydrogen-bond acceptors (Lipinski definition) is 3. The number of benzene rings is 1. The minimum atomic E-state index is -0.548. The Kier molecular flexibility index (Phi) is 4.90. The molecule has 0 fully saturated rings. The molecule has 1 heterocycles. The summed E-state index contributed by atoms with van der Waals surface area (Å²) in [5, 5.41) is 0. The molecule has 0 aliphatic heterocycles. The number of esters is 1. The van der Waals surface area contributed by atoms with E-state index in [0.717, 1.165) is 10.0 Å². The first-order valence-electron chi connectivity index (χ1n) is 5.92. The van der Waals surface area contributed by atoms with Gasteiger partial charge in [0.05, 0.1) is 5.69 Å². The van der Waals surface area contributed by atoms with Gasteiger partial charge in [0.25, 0.3) is 0 Å². The van der Waals surface area contributed by atoms with Crippen molar-refractivity contribution in [1.82, 2.24) is 4.98 Å². The molecule has 2 rings (SSSR count). The standard InChI is InChI=1S/C15H12BrNO3/c16-12-6-3-11(4-7-12)5-8-15(19)20-10-14(18)13-2-1-9-17-13/h1-9,17H,10H2/b8-5+. The van der Waals surface area contributed by atoms with E-state index in [1.807, 2.05) is 24.3 Å². The average Bonchev–Trinajstić information content (AvgIpc) is 2.98. The van der Waals surface area contributed by atoms with Crippen LogP contribution in [0.15, 0.2) is 53.1 Å². The first-order chi connectivity index (χ1) is 9.65. The van der Waals surface area contributed by atoms with Crippen molar-refractivity contribution in [3.05, 3.63) is 64.4 Å². The van der Waals surface area contributed by atoms with Crippen LogP contribution in [-0.2, 0) is 9.53 Å². The Balaban J connectivity index is 1.83. The number of hydrogen-bond donors (Lipinski definition) is 1. The molecule has 0 unspecified atom stereocenters. The molecule has 102 valence electrons. The maximum absolute atomic E-state index is 11.6. The highest BCUT2D eigenvalue weighted by Crippen LogP contribution is 2.11.